The number of halogens is 3. The standard InChI is InChI=1S/C15H8Cl3NO2/c16-9-4-2-1-3-7(9)13-8-5-10(17)11(18)6-12(8)19-14(13)15(20)21/h1-6,19H,(H,20,21). The fourth-order valence-corrected chi connectivity index (χ4v) is 2.85. The van der Waals surface area contributed by atoms with Crippen molar-refractivity contribution in [1.82, 2.24) is 4.98 Å². The quantitative estimate of drug-likeness (QED) is 0.648. The van der Waals surface area contributed by atoms with Crippen LogP contribution >= 0.6 is 34.8 Å². The van der Waals surface area contributed by atoms with Crippen LogP contribution in [-0.2, 0) is 0 Å². The maximum absolute atomic E-state index is 11.5. The summed E-state index contributed by atoms with van der Waals surface area (Å²) in [6.07, 6.45) is 0. The molecule has 0 aliphatic heterocycles. The smallest absolute Gasteiger partial charge is 0.352 e. The normalized spacial score (nSPS) is 11.0. The van der Waals surface area contributed by atoms with E-state index in [1.165, 1.54) is 0 Å². The molecule has 0 saturated heterocycles. The molecule has 0 fully saturated rings. The summed E-state index contributed by atoms with van der Waals surface area (Å²) in [7, 11) is 0. The Morgan fingerprint density at radius 2 is 1.67 bits per heavy atom. The lowest BCUT2D eigenvalue weighted by Gasteiger charge is -2.05. The minimum Gasteiger partial charge on any atom is -0.477 e. The molecular formula is C15H8Cl3NO2. The number of hydrogen-bond acceptors (Lipinski definition) is 1. The molecule has 1 aromatic heterocycles. The first kappa shape index (κ1) is 14.3. The summed E-state index contributed by atoms with van der Waals surface area (Å²) in [6, 6.07) is 10.3. The summed E-state index contributed by atoms with van der Waals surface area (Å²) < 4.78 is 0. The zero-order valence-electron chi connectivity index (χ0n) is 10.5. The first-order chi connectivity index (χ1) is 9.99. The van der Waals surface area contributed by atoms with E-state index >= 15 is 0 Å². The van der Waals surface area contributed by atoms with E-state index in [4.69, 9.17) is 34.8 Å². The number of hydrogen-bond donors (Lipinski definition) is 2. The van der Waals surface area contributed by atoms with Crippen molar-refractivity contribution >= 4 is 51.7 Å². The predicted octanol–water partition coefficient (Wildman–Crippen LogP) is 5.49. The molecule has 106 valence electrons. The number of nitrogens with one attached hydrogen (secondary N) is 1. The zero-order chi connectivity index (χ0) is 15.1. The monoisotopic (exact) mass is 339 g/mol. The summed E-state index contributed by atoms with van der Waals surface area (Å²) in [5.74, 6) is -1.08. The summed E-state index contributed by atoms with van der Waals surface area (Å²) >= 11 is 18.2. The first-order valence-corrected chi connectivity index (χ1v) is 7.11. The van der Waals surface area contributed by atoms with Crippen LogP contribution in [0.25, 0.3) is 22.0 Å². The van der Waals surface area contributed by atoms with Crippen molar-refractivity contribution < 1.29 is 9.90 Å². The number of aromatic carboxylic acids is 1. The summed E-state index contributed by atoms with van der Waals surface area (Å²) in [5, 5.41) is 11.3. The number of benzene rings is 2. The lowest BCUT2D eigenvalue weighted by Crippen LogP contribution is -1.98. The molecule has 6 heteroatoms. The van der Waals surface area contributed by atoms with Gasteiger partial charge in [0.25, 0.3) is 0 Å². The molecule has 0 atom stereocenters. The molecule has 3 rings (SSSR count). The lowest BCUT2D eigenvalue weighted by atomic mass is 10.0. The van der Waals surface area contributed by atoms with Crippen molar-refractivity contribution in [2.24, 2.45) is 0 Å². The highest BCUT2D eigenvalue weighted by Crippen LogP contribution is 2.39. The molecule has 21 heavy (non-hydrogen) atoms. The molecule has 0 unspecified atom stereocenters. The highest BCUT2D eigenvalue weighted by atomic mass is 35.5. The van der Waals surface area contributed by atoms with Crippen molar-refractivity contribution in [1.29, 1.82) is 0 Å². The second kappa shape index (κ2) is 5.26. The molecule has 2 aromatic carbocycles. The van der Waals surface area contributed by atoms with Crippen molar-refractivity contribution in [3.8, 4) is 11.1 Å². The van der Waals surface area contributed by atoms with Gasteiger partial charge in [-0.1, -0.05) is 53.0 Å². The fraction of sp³-hybridized carbons (Fsp3) is 0. The predicted molar refractivity (Wildman–Crippen MR) is 85.7 cm³/mol. The Bertz CT molecular complexity index is 871. The lowest BCUT2D eigenvalue weighted by molar-refractivity contribution is 0.0692. The molecule has 1 heterocycles. The molecule has 0 bridgehead atoms. The average Bonchev–Trinajstić information content (AvgIpc) is 2.78. The fourth-order valence-electron chi connectivity index (χ4n) is 2.29. The third kappa shape index (κ3) is 2.38. The van der Waals surface area contributed by atoms with Gasteiger partial charge in [0.1, 0.15) is 5.69 Å². The molecule has 0 radical (unpaired) electrons. The summed E-state index contributed by atoms with van der Waals surface area (Å²) in [4.78, 5) is 14.4. The molecule has 0 aliphatic rings. The molecule has 2 N–H and O–H groups in total. The number of rotatable bonds is 2. The minimum atomic E-state index is -1.08. The van der Waals surface area contributed by atoms with E-state index < -0.39 is 5.97 Å². The summed E-state index contributed by atoms with van der Waals surface area (Å²) in [6.45, 7) is 0. The molecular weight excluding hydrogens is 333 g/mol. The van der Waals surface area contributed by atoms with Crippen LogP contribution in [0.5, 0.6) is 0 Å². The molecule has 0 amide bonds. The number of fused-ring (bicyclic) bond motifs is 1. The van der Waals surface area contributed by atoms with E-state index in [1.807, 2.05) is 0 Å². The summed E-state index contributed by atoms with van der Waals surface area (Å²) in [5.41, 5.74) is 1.77. The average molecular weight is 341 g/mol. The number of carboxylic acids is 1. The van der Waals surface area contributed by atoms with Crippen LogP contribution in [0, 0.1) is 0 Å². The molecule has 3 nitrogen and oxygen atoms in total. The molecule has 0 spiro atoms. The van der Waals surface area contributed by atoms with Crippen LogP contribution < -0.4 is 0 Å². The van der Waals surface area contributed by atoms with Crippen molar-refractivity contribution in [3.05, 3.63) is 57.2 Å². The van der Waals surface area contributed by atoms with Gasteiger partial charge < -0.3 is 10.1 Å². The Labute approximate surface area is 135 Å². The second-order valence-electron chi connectivity index (χ2n) is 4.47. The minimum absolute atomic E-state index is 0.0523. The van der Waals surface area contributed by atoms with Gasteiger partial charge in [-0.15, -0.1) is 0 Å². The Morgan fingerprint density at radius 1 is 1.00 bits per heavy atom. The maximum Gasteiger partial charge on any atom is 0.352 e. The van der Waals surface area contributed by atoms with E-state index in [0.717, 1.165) is 0 Å². The van der Waals surface area contributed by atoms with E-state index in [-0.39, 0.29) is 5.69 Å². The number of carbonyl (C=O) groups is 1. The van der Waals surface area contributed by atoms with Gasteiger partial charge in [-0.2, -0.15) is 0 Å². The van der Waals surface area contributed by atoms with Crippen LogP contribution in [-0.4, -0.2) is 16.1 Å². The highest BCUT2D eigenvalue weighted by molar-refractivity contribution is 6.43. The Kier molecular flexibility index (Phi) is 3.57. The first-order valence-electron chi connectivity index (χ1n) is 5.98. The SMILES string of the molecule is O=C(O)c1[nH]c2cc(Cl)c(Cl)cc2c1-c1ccccc1Cl. The van der Waals surface area contributed by atoms with Crippen LogP contribution in [0.2, 0.25) is 15.1 Å². The Balaban J connectivity index is 2.44. The number of H-pyrrole nitrogens is 1. The number of aromatic nitrogens is 1. The Hall–Kier alpha value is -1.68. The number of aromatic amines is 1. The van der Waals surface area contributed by atoms with E-state index in [0.29, 0.717) is 37.1 Å². The van der Waals surface area contributed by atoms with Gasteiger partial charge in [0.2, 0.25) is 0 Å². The van der Waals surface area contributed by atoms with Crippen LogP contribution in [0.1, 0.15) is 10.5 Å². The topological polar surface area (TPSA) is 53.1 Å². The van der Waals surface area contributed by atoms with Crippen LogP contribution in [0.4, 0.5) is 0 Å². The zero-order valence-corrected chi connectivity index (χ0v) is 12.7. The van der Waals surface area contributed by atoms with Gasteiger partial charge in [0, 0.05) is 27.1 Å². The largest absolute Gasteiger partial charge is 0.477 e. The van der Waals surface area contributed by atoms with Gasteiger partial charge in [0.15, 0.2) is 0 Å². The van der Waals surface area contributed by atoms with E-state index in [9.17, 15) is 9.90 Å². The van der Waals surface area contributed by atoms with Gasteiger partial charge >= 0.3 is 5.97 Å². The van der Waals surface area contributed by atoms with E-state index in [2.05, 4.69) is 4.98 Å². The molecule has 0 aliphatic carbocycles. The van der Waals surface area contributed by atoms with Crippen molar-refractivity contribution in [3.63, 3.8) is 0 Å². The van der Waals surface area contributed by atoms with Crippen LogP contribution in [0.15, 0.2) is 36.4 Å². The third-order valence-electron chi connectivity index (χ3n) is 3.20. The van der Waals surface area contributed by atoms with Crippen molar-refractivity contribution in [2.45, 2.75) is 0 Å². The third-order valence-corrected chi connectivity index (χ3v) is 4.25. The van der Waals surface area contributed by atoms with Gasteiger partial charge in [-0.3, -0.25) is 0 Å². The Morgan fingerprint density at radius 3 is 2.33 bits per heavy atom. The van der Waals surface area contributed by atoms with E-state index in [1.54, 1.807) is 36.4 Å². The van der Waals surface area contributed by atoms with Gasteiger partial charge in [0.05, 0.1) is 10.0 Å². The highest BCUT2D eigenvalue weighted by Gasteiger charge is 2.21. The van der Waals surface area contributed by atoms with Crippen molar-refractivity contribution in [2.75, 3.05) is 0 Å². The van der Waals surface area contributed by atoms with Gasteiger partial charge in [-0.05, 0) is 18.2 Å². The molecule has 0 saturated carbocycles. The maximum atomic E-state index is 11.5. The molecule has 3 aromatic rings. The number of carboxylic acid groups (broad SMARTS) is 1. The van der Waals surface area contributed by atoms with Gasteiger partial charge in [-0.25, -0.2) is 4.79 Å². The second-order valence-corrected chi connectivity index (χ2v) is 5.69. The van der Waals surface area contributed by atoms with Crippen LogP contribution in [0.3, 0.4) is 0 Å².